The molecule has 0 spiro atoms. The van der Waals surface area contributed by atoms with Crippen LogP contribution < -0.4 is 5.32 Å². The lowest BCUT2D eigenvalue weighted by molar-refractivity contribution is 0.102. The molecule has 1 aliphatic heterocycles. The summed E-state index contributed by atoms with van der Waals surface area (Å²) in [6.07, 6.45) is 6.87. The molecule has 0 radical (unpaired) electrons. The Balaban J connectivity index is 1.71. The van der Waals surface area contributed by atoms with Crippen LogP contribution in [0.15, 0.2) is 76.8 Å². The van der Waals surface area contributed by atoms with E-state index in [1.54, 1.807) is 16.8 Å². The smallest absolute Gasteiger partial charge is 0.258 e. The minimum atomic E-state index is -3.86. The minimum Gasteiger partial charge on any atom is -0.348 e. The van der Waals surface area contributed by atoms with E-state index in [1.807, 2.05) is 42.5 Å². The standard InChI is InChI=1S/C20H15ClN2O3S/c21-15-8-9-17-18(11-15)27(25,26)19-13-23(12-16(19)20(24)22-17)10-4-7-14-5-2-1-3-6-14/h1-9,11-13H,10H2,(H,22,24). The molecule has 0 aliphatic carbocycles. The van der Waals surface area contributed by atoms with Gasteiger partial charge < -0.3 is 9.88 Å². The number of nitrogens with zero attached hydrogens (tertiary/aromatic N) is 1. The zero-order chi connectivity index (χ0) is 19.0. The molecule has 1 amide bonds. The van der Waals surface area contributed by atoms with E-state index in [1.165, 1.54) is 18.3 Å². The van der Waals surface area contributed by atoms with Gasteiger partial charge >= 0.3 is 0 Å². The molecule has 2 heterocycles. The normalized spacial score (nSPS) is 15.1. The zero-order valence-electron chi connectivity index (χ0n) is 14.1. The molecule has 2 aromatic carbocycles. The highest BCUT2D eigenvalue weighted by atomic mass is 35.5. The van der Waals surface area contributed by atoms with Gasteiger partial charge in [0.15, 0.2) is 0 Å². The number of allylic oxidation sites excluding steroid dienone is 1. The van der Waals surface area contributed by atoms with Gasteiger partial charge in [0, 0.05) is 24.0 Å². The zero-order valence-corrected chi connectivity index (χ0v) is 15.7. The predicted molar refractivity (Wildman–Crippen MR) is 105 cm³/mol. The fraction of sp³-hybridized carbons (Fsp3) is 0.0500. The lowest BCUT2D eigenvalue weighted by Crippen LogP contribution is -2.10. The number of hydrogen-bond acceptors (Lipinski definition) is 3. The summed E-state index contributed by atoms with van der Waals surface area (Å²) in [5.41, 5.74) is 1.40. The van der Waals surface area contributed by atoms with Crippen molar-refractivity contribution in [2.45, 2.75) is 16.3 Å². The van der Waals surface area contributed by atoms with Crippen LogP contribution in [0.4, 0.5) is 5.69 Å². The number of hydrogen-bond donors (Lipinski definition) is 1. The van der Waals surface area contributed by atoms with Crippen molar-refractivity contribution >= 4 is 39.1 Å². The van der Waals surface area contributed by atoms with Crippen molar-refractivity contribution in [3.63, 3.8) is 0 Å². The molecule has 1 aromatic heterocycles. The molecule has 0 bridgehead atoms. The Kier molecular flexibility index (Phi) is 4.37. The third-order valence-electron chi connectivity index (χ3n) is 4.29. The number of benzene rings is 2. The summed E-state index contributed by atoms with van der Waals surface area (Å²) < 4.78 is 27.8. The summed E-state index contributed by atoms with van der Waals surface area (Å²) in [4.78, 5) is 12.5. The van der Waals surface area contributed by atoms with Crippen molar-refractivity contribution in [1.82, 2.24) is 4.57 Å². The Hall–Kier alpha value is -2.83. The van der Waals surface area contributed by atoms with Gasteiger partial charge in [0.05, 0.1) is 16.1 Å². The molecular formula is C20H15ClN2O3S. The Bertz CT molecular complexity index is 1170. The maximum Gasteiger partial charge on any atom is 0.258 e. The second kappa shape index (κ2) is 6.72. The molecule has 1 aliphatic rings. The number of carbonyl (C=O) groups excluding carboxylic acids is 1. The van der Waals surface area contributed by atoms with Crippen LogP contribution in [0, 0.1) is 0 Å². The highest BCUT2D eigenvalue weighted by molar-refractivity contribution is 7.91. The van der Waals surface area contributed by atoms with Crippen molar-refractivity contribution in [2.24, 2.45) is 0 Å². The van der Waals surface area contributed by atoms with Crippen LogP contribution in [0.5, 0.6) is 0 Å². The summed E-state index contributed by atoms with van der Waals surface area (Å²) >= 11 is 5.96. The number of aromatic nitrogens is 1. The fourth-order valence-electron chi connectivity index (χ4n) is 2.98. The molecule has 7 heteroatoms. The van der Waals surface area contributed by atoms with Gasteiger partial charge in [-0.2, -0.15) is 0 Å². The highest BCUT2D eigenvalue weighted by Crippen LogP contribution is 2.35. The monoisotopic (exact) mass is 398 g/mol. The second-order valence-electron chi connectivity index (χ2n) is 6.14. The third-order valence-corrected chi connectivity index (χ3v) is 6.34. The maximum atomic E-state index is 13.0. The number of halogens is 1. The van der Waals surface area contributed by atoms with Crippen molar-refractivity contribution in [3.05, 3.63) is 83.2 Å². The van der Waals surface area contributed by atoms with Crippen LogP contribution >= 0.6 is 11.6 Å². The maximum absolute atomic E-state index is 13.0. The van der Waals surface area contributed by atoms with Crippen LogP contribution in [0.2, 0.25) is 5.02 Å². The van der Waals surface area contributed by atoms with Crippen molar-refractivity contribution in [2.75, 3.05) is 5.32 Å². The molecule has 136 valence electrons. The Morgan fingerprint density at radius 3 is 2.59 bits per heavy atom. The van der Waals surface area contributed by atoms with E-state index in [0.717, 1.165) is 5.56 Å². The summed E-state index contributed by atoms with van der Waals surface area (Å²) in [7, 11) is -3.86. The molecule has 0 atom stereocenters. The number of nitrogens with one attached hydrogen (secondary N) is 1. The average Bonchev–Trinajstić information content (AvgIpc) is 3.06. The summed E-state index contributed by atoms with van der Waals surface area (Å²) in [6.45, 7) is 0.438. The van der Waals surface area contributed by atoms with E-state index in [4.69, 9.17) is 11.6 Å². The van der Waals surface area contributed by atoms with E-state index in [2.05, 4.69) is 5.32 Å². The first-order valence-electron chi connectivity index (χ1n) is 8.22. The lowest BCUT2D eigenvalue weighted by atomic mass is 10.2. The van der Waals surface area contributed by atoms with Gasteiger partial charge in [0.1, 0.15) is 4.90 Å². The molecule has 5 nitrogen and oxygen atoms in total. The second-order valence-corrected chi connectivity index (χ2v) is 8.47. The lowest BCUT2D eigenvalue weighted by Gasteiger charge is -2.07. The number of carbonyl (C=O) groups is 1. The SMILES string of the molecule is O=C1Nc2ccc(Cl)cc2S(=O)(=O)c2cn(CC=Cc3ccccc3)cc21. The predicted octanol–water partition coefficient (Wildman–Crippen LogP) is 4.25. The van der Waals surface area contributed by atoms with E-state index in [-0.39, 0.29) is 21.0 Å². The Morgan fingerprint density at radius 2 is 1.81 bits per heavy atom. The number of fused-ring (bicyclic) bond motifs is 2. The first-order valence-corrected chi connectivity index (χ1v) is 10.1. The highest BCUT2D eigenvalue weighted by Gasteiger charge is 2.32. The first kappa shape index (κ1) is 17.6. The quantitative estimate of drug-likeness (QED) is 0.717. The Labute approximate surface area is 161 Å². The van der Waals surface area contributed by atoms with Crippen molar-refractivity contribution in [1.29, 1.82) is 0 Å². The van der Waals surface area contributed by atoms with Crippen LogP contribution in [0.1, 0.15) is 15.9 Å². The van der Waals surface area contributed by atoms with Crippen molar-refractivity contribution in [3.8, 4) is 0 Å². The van der Waals surface area contributed by atoms with Crippen LogP contribution in [-0.2, 0) is 16.4 Å². The molecule has 3 aromatic rings. The topological polar surface area (TPSA) is 68.2 Å². The molecule has 1 N–H and O–H groups in total. The van der Waals surface area contributed by atoms with Gasteiger partial charge in [-0.15, -0.1) is 0 Å². The van der Waals surface area contributed by atoms with E-state index in [9.17, 15) is 13.2 Å². The first-order chi connectivity index (χ1) is 12.9. The number of rotatable bonds is 3. The molecular weight excluding hydrogens is 384 g/mol. The number of amides is 1. The fourth-order valence-corrected chi connectivity index (χ4v) is 4.85. The van der Waals surface area contributed by atoms with Gasteiger partial charge in [-0.05, 0) is 23.8 Å². The van der Waals surface area contributed by atoms with Gasteiger partial charge in [0.25, 0.3) is 5.91 Å². The average molecular weight is 399 g/mol. The van der Waals surface area contributed by atoms with Gasteiger partial charge in [0.2, 0.25) is 9.84 Å². The molecule has 0 saturated heterocycles. The Morgan fingerprint density at radius 1 is 1.04 bits per heavy atom. The van der Waals surface area contributed by atoms with Gasteiger partial charge in [-0.3, -0.25) is 4.79 Å². The number of sulfone groups is 1. The van der Waals surface area contributed by atoms with Crippen LogP contribution in [0.25, 0.3) is 6.08 Å². The number of anilines is 1. The van der Waals surface area contributed by atoms with E-state index >= 15 is 0 Å². The molecule has 27 heavy (non-hydrogen) atoms. The van der Waals surface area contributed by atoms with Crippen LogP contribution in [-0.4, -0.2) is 18.9 Å². The molecule has 0 fully saturated rings. The van der Waals surface area contributed by atoms with Gasteiger partial charge in [-0.25, -0.2) is 8.42 Å². The molecule has 4 rings (SSSR count). The third kappa shape index (κ3) is 3.29. The summed E-state index contributed by atoms with van der Waals surface area (Å²) in [6, 6.07) is 14.2. The largest absolute Gasteiger partial charge is 0.348 e. The minimum absolute atomic E-state index is 0.000298. The van der Waals surface area contributed by atoms with Gasteiger partial charge in [-0.1, -0.05) is 54.1 Å². The summed E-state index contributed by atoms with van der Waals surface area (Å²) in [5.74, 6) is -0.458. The molecule has 0 unspecified atom stereocenters. The summed E-state index contributed by atoms with van der Waals surface area (Å²) in [5, 5.41) is 2.94. The van der Waals surface area contributed by atoms with Crippen molar-refractivity contribution < 1.29 is 13.2 Å². The molecule has 0 saturated carbocycles. The van der Waals surface area contributed by atoms with E-state index in [0.29, 0.717) is 11.6 Å². The van der Waals surface area contributed by atoms with Crippen LogP contribution in [0.3, 0.4) is 0 Å². The van der Waals surface area contributed by atoms with E-state index < -0.39 is 15.7 Å².